The summed E-state index contributed by atoms with van der Waals surface area (Å²) in [6, 6.07) is 12.5. The molecule has 0 radical (unpaired) electrons. The molecule has 1 aliphatic carbocycles. The number of aromatic amines is 2. The van der Waals surface area contributed by atoms with E-state index in [-0.39, 0.29) is 11.8 Å². The smallest absolute Gasteiger partial charge is 0.223 e. The highest BCUT2D eigenvalue weighted by Gasteiger charge is 2.24. The van der Waals surface area contributed by atoms with Crippen molar-refractivity contribution in [1.82, 2.24) is 25.9 Å². The molecule has 2 aromatic carbocycles. The molecule has 0 spiro atoms. The van der Waals surface area contributed by atoms with Gasteiger partial charge in [-0.1, -0.05) is 13.3 Å². The van der Waals surface area contributed by atoms with Crippen LogP contribution in [0.4, 0.5) is 0 Å². The second kappa shape index (κ2) is 16.4. The van der Waals surface area contributed by atoms with E-state index in [1.807, 2.05) is 18.3 Å². The van der Waals surface area contributed by atoms with E-state index in [1.54, 1.807) is 0 Å². The molecule has 0 atom stereocenters. The van der Waals surface area contributed by atoms with Gasteiger partial charge in [-0.05, 0) is 118 Å². The second-order valence-electron chi connectivity index (χ2n) is 11.8. The van der Waals surface area contributed by atoms with E-state index in [0.717, 1.165) is 93.4 Å². The molecule has 1 aliphatic rings. The second-order valence-corrected chi connectivity index (χ2v) is 12.2. The summed E-state index contributed by atoms with van der Waals surface area (Å²) in [5, 5.41) is 12.7. The summed E-state index contributed by atoms with van der Waals surface area (Å²) < 4.78 is 12.2. The first kappa shape index (κ1) is 31.7. The van der Waals surface area contributed by atoms with Gasteiger partial charge in [0.25, 0.3) is 0 Å². The van der Waals surface area contributed by atoms with Crippen LogP contribution in [0.3, 0.4) is 0 Å². The summed E-state index contributed by atoms with van der Waals surface area (Å²) in [7, 11) is 0. The summed E-state index contributed by atoms with van der Waals surface area (Å²) in [6.45, 7) is 5.89. The SMILES string of the molecule is CCCNC(=S)NCCc1c[nH]c2ccc(OCCCCCCOc3ccc4[nH]cc(CCNC(=O)C5CCC5)c4c3)cc12. The maximum absolute atomic E-state index is 12.1. The number of amides is 1. The first-order valence-corrected chi connectivity index (χ1v) is 16.8. The third-order valence-electron chi connectivity index (χ3n) is 8.44. The van der Waals surface area contributed by atoms with E-state index in [1.165, 1.54) is 28.3 Å². The molecule has 9 heteroatoms. The predicted octanol–water partition coefficient (Wildman–Crippen LogP) is 6.54. The summed E-state index contributed by atoms with van der Waals surface area (Å²) >= 11 is 5.32. The minimum Gasteiger partial charge on any atom is -0.494 e. The third kappa shape index (κ3) is 8.91. The first-order chi connectivity index (χ1) is 21.6. The monoisotopic (exact) mass is 617 g/mol. The molecule has 0 bridgehead atoms. The molecular formula is C35H47N5O3S. The molecule has 1 fully saturated rings. The number of unbranched alkanes of at least 4 members (excludes halogenated alkanes) is 3. The Hall–Kier alpha value is -3.72. The van der Waals surface area contributed by atoms with Crippen LogP contribution < -0.4 is 25.4 Å². The van der Waals surface area contributed by atoms with Gasteiger partial charge in [0.2, 0.25) is 5.91 Å². The number of aromatic nitrogens is 2. The van der Waals surface area contributed by atoms with Gasteiger partial charge in [0.05, 0.1) is 13.2 Å². The van der Waals surface area contributed by atoms with Crippen molar-refractivity contribution in [3.05, 3.63) is 59.9 Å². The normalized spacial score (nSPS) is 13.1. The molecule has 236 valence electrons. The molecule has 4 aromatic rings. The Morgan fingerprint density at radius 3 is 1.86 bits per heavy atom. The number of rotatable bonds is 18. The van der Waals surface area contributed by atoms with E-state index in [4.69, 9.17) is 21.7 Å². The van der Waals surface area contributed by atoms with Crippen molar-refractivity contribution in [3.63, 3.8) is 0 Å². The zero-order valence-corrected chi connectivity index (χ0v) is 26.8. The average molecular weight is 618 g/mol. The minimum absolute atomic E-state index is 0.208. The lowest BCUT2D eigenvalue weighted by molar-refractivity contribution is -0.127. The number of carbonyl (C=O) groups excluding carboxylic acids is 1. The van der Waals surface area contributed by atoms with E-state index in [2.05, 4.69) is 63.3 Å². The maximum atomic E-state index is 12.1. The highest BCUT2D eigenvalue weighted by Crippen LogP contribution is 2.27. The van der Waals surface area contributed by atoms with Crippen LogP contribution in [-0.2, 0) is 17.6 Å². The Balaban J connectivity index is 0.966. The lowest BCUT2D eigenvalue weighted by Gasteiger charge is -2.23. The Labute approximate surface area is 266 Å². The van der Waals surface area contributed by atoms with E-state index in [9.17, 15) is 4.79 Å². The number of nitrogens with one attached hydrogen (secondary N) is 5. The van der Waals surface area contributed by atoms with Crippen LogP contribution in [0.15, 0.2) is 48.8 Å². The topological polar surface area (TPSA) is 103 Å². The molecule has 2 aromatic heterocycles. The fraction of sp³-hybridized carbons (Fsp3) is 0.486. The fourth-order valence-corrected chi connectivity index (χ4v) is 5.80. The highest BCUT2D eigenvalue weighted by molar-refractivity contribution is 7.80. The van der Waals surface area contributed by atoms with Crippen LogP contribution in [0.25, 0.3) is 21.8 Å². The van der Waals surface area contributed by atoms with Crippen molar-refractivity contribution < 1.29 is 14.3 Å². The molecular weight excluding hydrogens is 570 g/mol. The first-order valence-electron chi connectivity index (χ1n) is 16.4. The Bertz CT molecular complexity index is 1510. The largest absolute Gasteiger partial charge is 0.494 e. The number of benzene rings is 2. The molecule has 0 aliphatic heterocycles. The predicted molar refractivity (Wildman–Crippen MR) is 183 cm³/mol. The van der Waals surface area contributed by atoms with E-state index >= 15 is 0 Å². The van der Waals surface area contributed by atoms with Crippen LogP contribution in [0.2, 0.25) is 0 Å². The molecule has 0 unspecified atom stereocenters. The number of fused-ring (bicyclic) bond motifs is 2. The zero-order valence-electron chi connectivity index (χ0n) is 25.9. The van der Waals surface area contributed by atoms with Crippen LogP contribution in [0, 0.1) is 5.92 Å². The van der Waals surface area contributed by atoms with Gasteiger partial charge in [-0.15, -0.1) is 0 Å². The molecule has 0 saturated heterocycles. The van der Waals surface area contributed by atoms with Gasteiger partial charge in [0.1, 0.15) is 11.5 Å². The Kier molecular flexibility index (Phi) is 11.8. The number of carbonyl (C=O) groups is 1. The lowest BCUT2D eigenvalue weighted by Crippen LogP contribution is -2.36. The molecule has 2 heterocycles. The van der Waals surface area contributed by atoms with Crippen molar-refractivity contribution in [2.45, 2.75) is 71.1 Å². The highest BCUT2D eigenvalue weighted by atomic mass is 32.1. The number of hydrogen-bond donors (Lipinski definition) is 5. The number of thiocarbonyl (C=S) groups is 1. The summed E-state index contributed by atoms with van der Waals surface area (Å²) in [5.74, 6) is 2.25. The van der Waals surface area contributed by atoms with Gasteiger partial charge in [0.15, 0.2) is 5.11 Å². The average Bonchev–Trinajstić information content (AvgIpc) is 3.60. The molecule has 1 saturated carbocycles. The number of H-pyrrole nitrogens is 2. The Morgan fingerprint density at radius 2 is 1.34 bits per heavy atom. The molecule has 44 heavy (non-hydrogen) atoms. The van der Waals surface area contributed by atoms with Gasteiger partial charge >= 0.3 is 0 Å². The van der Waals surface area contributed by atoms with Crippen molar-refractivity contribution in [1.29, 1.82) is 0 Å². The van der Waals surface area contributed by atoms with Crippen molar-refractivity contribution in [2.75, 3.05) is 32.8 Å². The summed E-state index contributed by atoms with van der Waals surface area (Å²) in [6.07, 6.45) is 14.4. The Morgan fingerprint density at radius 1 is 0.795 bits per heavy atom. The quantitative estimate of drug-likeness (QED) is 0.0642. The summed E-state index contributed by atoms with van der Waals surface area (Å²) in [4.78, 5) is 18.8. The molecule has 5 rings (SSSR count). The molecule has 1 amide bonds. The fourth-order valence-electron chi connectivity index (χ4n) is 5.59. The number of ether oxygens (including phenoxy) is 2. The van der Waals surface area contributed by atoms with Crippen LogP contribution >= 0.6 is 12.2 Å². The molecule has 5 N–H and O–H groups in total. The lowest BCUT2D eigenvalue weighted by atomic mass is 9.85. The van der Waals surface area contributed by atoms with Crippen LogP contribution in [0.5, 0.6) is 11.5 Å². The van der Waals surface area contributed by atoms with Gasteiger partial charge in [0, 0.05) is 59.8 Å². The third-order valence-corrected chi connectivity index (χ3v) is 8.73. The van der Waals surface area contributed by atoms with Gasteiger partial charge in [-0.25, -0.2) is 0 Å². The zero-order chi connectivity index (χ0) is 30.6. The van der Waals surface area contributed by atoms with Gasteiger partial charge in [-0.2, -0.15) is 0 Å². The molecule has 8 nitrogen and oxygen atoms in total. The summed E-state index contributed by atoms with van der Waals surface area (Å²) in [5.41, 5.74) is 4.69. The van der Waals surface area contributed by atoms with Gasteiger partial charge in [-0.3, -0.25) is 4.79 Å². The van der Waals surface area contributed by atoms with Gasteiger partial charge < -0.3 is 35.4 Å². The van der Waals surface area contributed by atoms with Crippen LogP contribution in [0.1, 0.15) is 69.4 Å². The standard InChI is InChI=1S/C35H47N5O3S/c1-2-16-37-35(44)38-18-15-27-24-40-33-13-11-29(22-31(27)33)43-20-6-4-3-5-19-42-28-10-12-32-30(21-28)26(23-39-32)14-17-36-34(41)25-8-7-9-25/h10-13,21-25,39-40H,2-9,14-20H2,1H3,(H,36,41)(H2,37,38,44). The van der Waals surface area contributed by atoms with Crippen molar-refractivity contribution >= 4 is 45.0 Å². The van der Waals surface area contributed by atoms with Crippen molar-refractivity contribution in [3.8, 4) is 11.5 Å². The maximum Gasteiger partial charge on any atom is 0.223 e. The number of hydrogen-bond acceptors (Lipinski definition) is 4. The van der Waals surface area contributed by atoms with E-state index < -0.39 is 0 Å². The minimum atomic E-state index is 0.208. The van der Waals surface area contributed by atoms with E-state index in [0.29, 0.717) is 24.9 Å². The van der Waals surface area contributed by atoms with Crippen molar-refractivity contribution in [2.24, 2.45) is 5.92 Å². The van der Waals surface area contributed by atoms with Crippen LogP contribution in [-0.4, -0.2) is 53.8 Å².